The molecule has 0 aromatic heterocycles. The highest BCUT2D eigenvalue weighted by atomic mass is 16.5. The average molecular weight is 276 g/mol. The van der Waals surface area contributed by atoms with Crippen LogP contribution < -0.4 is 5.73 Å². The summed E-state index contributed by atoms with van der Waals surface area (Å²) in [6, 6.07) is 4.12. The van der Waals surface area contributed by atoms with Gasteiger partial charge in [-0.1, -0.05) is 17.7 Å². The van der Waals surface area contributed by atoms with Crippen molar-refractivity contribution in [2.45, 2.75) is 39.9 Å². The van der Waals surface area contributed by atoms with Crippen molar-refractivity contribution in [3.63, 3.8) is 0 Å². The first-order valence-corrected chi connectivity index (χ1v) is 7.15. The van der Waals surface area contributed by atoms with Crippen molar-refractivity contribution in [3.05, 3.63) is 34.4 Å². The molecular formula is C16H24N2O2. The summed E-state index contributed by atoms with van der Waals surface area (Å²) in [4.78, 5) is 14.7. The molecule has 4 heteroatoms. The van der Waals surface area contributed by atoms with Crippen molar-refractivity contribution in [2.24, 2.45) is 5.73 Å². The predicted octanol–water partition coefficient (Wildman–Crippen LogP) is 1.80. The molecule has 1 amide bonds. The number of morpholine rings is 1. The van der Waals surface area contributed by atoms with Crippen LogP contribution in [-0.4, -0.2) is 42.6 Å². The van der Waals surface area contributed by atoms with E-state index in [0.29, 0.717) is 19.6 Å². The van der Waals surface area contributed by atoms with Gasteiger partial charge in [-0.15, -0.1) is 0 Å². The Balaban J connectivity index is 2.27. The molecule has 0 radical (unpaired) electrons. The molecule has 1 aromatic carbocycles. The second kappa shape index (κ2) is 5.94. The SMILES string of the molecule is Cc1cc(C)c(C(=O)N2CC(C)OC(CN)C2)c(C)c1. The molecule has 0 bridgehead atoms. The number of rotatable bonds is 2. The summed E-state index contributed by atoms with van der Waals surface area (Å²) in [5.41, 5.74) is 9.77. The summed E-state index contributed by atoms with van der Waals surface area (Å²) in [6.45, 7) is 9.68. The lowest BCUT2D eigenvalue weighted by atomic mass is 9.98. The van der Waals surface area contributed by atoms with Gasteiger partial charge in [-0.3, -0.25) is 4.79 Å². The van der Waals surface area contributed by atoms with Crippen molar-refractivity contribution in [1.29, 1.82) is 0 Å². The Morgan fingerprint density at radius 3 is 2.45 bits per heavy atom. The molecule has 2 atom stereocenters. The van der Waals surface area contributed by atoms with Gasteiger partial charge in [0.1, 0.15) is 0 Å². The zero-order chi connectivity index (χ0) is 14.9. The molecule has 0 saturated carbocycles. The van der Waals surface area contributed by atoms with Crippen LogP contribution in [-0.2, 0) is 4.74 Å². The summed E-state index contributed by atoms with van der Waals surface area (Å²) in [5, 5.41) is 0. The van der Waals surface area contributed by atoms with E-state index in [1.54, 1.807) is 0 Å². The van der Waals surface area contributed by atoms with Gasteiger partial charge in [-0.2, -0.15) is 0 Å². The zero-order valence-electron chi connectivity index (χ0n) is 12.8. The van der Waals surface area contributed by atoms with Gasteiger partial charge in [0.05, 0.1) is 12.2 Å². The van der Waals surface area contributed by atoms with Gasteiger partial charge in [0, 0.05) is 25.2 Å². The molecule has 1 aromatic rings. The molecule has 2 N–H and O–H groups in total. The summed E-state index contributed by atoms with van der Waals surface area (Å²) < 4.78 is 5.71. The van der Waals surface area contributed by atoms with Gasteiger partial charge in [0.25, 0.3) is 5.91 Å². The van der Waals surface area contributed by atoms with Crippen LogP contribution in [0.2, 0.25) is 0 Å². The number of amides is 1. The number of nitrogens with zero attached hydrogens (tertiary/aromatic N) is 1. The maximum atomic E-state index is 12.8. The zero-order valence-corrected chi connectivity index (χ0v) is 12.8. The van der Waals surface area contributed by atoms with Gasteiger partial charge in [-0.25, -0.2) is 0 Å². The van der Waals surface area contributed by atoms with E-state index in [9.17, 15) is 4.79 Å². The molecule has 1 aliphatic heterocycles. The van der Waals surface area contributed by atoms with Crippen LogP contribution in [0.4, 0.5) is 0 Å². The highest BCUT2D eigenvalue weighted by Crippen LogP contribution is 2.21. The fraction of sp³-hybridized carbons (Fsp3) is 0.562. The van der Waals surface area contributed by atoms with Crippen LogP contribution in [0.25, 0.3) is 0 Å². The third-order valence-electron chi connectivity index (χ3n) is 3.77. The third kappa shape index (κ3) is 3.02. The van der Waals surface area contributed by atoms with Crippen molar-refractivity contribution in [3.8, 4) is 0 Å². The Labute approximate surface area is 120 Å². The van der Waals surface area contributed by atoms with Crippen molar-refractivity contribution < 1.29 is 9.53 Å². The summed E-state index contributed by atoms with van der Waals surface area (Å²) in [5.74, 6) is 0.0913. The lowest BCUT2D eigenvalue weighted by Gasteiger charge is -2.36. The maximum Gasteiger partial charge on any atom is 0.254 e. The number of hydrogen-bond acceptors (Lipinski definition) is 3. The topological polar surface area (TPSA) is 55.6 Å². The number of aryl methyl sites for hydroxylation is 3. The van der Waals surface area contributed by atoms with E-state index in [0.717, 1.165) is 16.7 Å². The second-order valence-electron chi connectivity index (χ2n) is 5.79. The first-order chi connectivity index (χ1) is 9.42. The van der Waals surface area contributed by atoms with Gasteiger partial charge < -0.3 is 15.4 Å². The van der Waals surface area contributed by atoms with Gasteiger partial charge in [0.15, 0.2) is 0 Å². The molecule has 1 aliphatic rings. The molecule has 2 rings (SSSR count). The lowest BCUT2D eigenvalue weighted by molar-refractivity contribution is -0.0626. The first kappa shape index (κ1) is 15.0. The Hall–Kier alpha value is -1.39. The Morgan fingerprint density at radius 1 is 1.30 bits per heavy atom. The molecule has 2 unspecified atom stereocenters. The smallest absolute Gasteiger partial charge is 0.254 e. The Morgan fingerprint density at radius 2 is 1.90 bits per heavy atom. The van der Waals surface area contributed by atoms with Crippen LogP contribution >= 0.6 is 0 Å². The minimum Gasteiger partial charge on any atom is -0.370 e. The summed E-state index contributed by atoms with van der Waals surface area (Å²) >= 11 is 0. The number of carbonyl (C=O) groups excluding carboxylic acids is 1. The summed E-state index contributed by atoms with van der Waals surface area (Å²) in [6.07, 6.45) is -0.0268. The van der Waals surface area contributed by atoms with E-state index in [4.69, 9.17) is 10.5 Å². The van der Waals surface area contributed by atoms with Gasteiger partial charge in [-0.05, 0) is 38.8 Å². The Kier molecular flexibility index (Phi) is 4.45. The number of ether oxygens (including phenoxy) is 1. The fourth-order valence-electron chi connectivity index (χ4n) is 3.02. The standard InChI is InChI=1S/C16H24N2O2/c1-10-5-11(2)15(12(3)6-10)16(19)18-8-13(4)20-14(7-17)9-18/h5-6,13-14H,7-9,17H2,1-4H3. The highest BCUT2D eigenvalue weighted by molar-refractivity contribution is 5.97. The number of benzene rings is 1. The van der Waals surface area contributed by atoms with E-state index in [1.165, 1.54) is 5.56 Å². The van der Waals surface area contributed by atoms with Crippen LogP contribution in [0.1, 0.15) is 34.0 Å². The molecule has 1 saturated heterocycles. The van der Waals surface area contributed by atoms with Crippen molar-refractivity contribution in [1.82, 2.24) is 4.90 Å². The third-order valence-corrected chi connectivity index (χ3v) is 3.77. The van der Waals surface area contributed by atoms with Crippen molar-refractivity contribution in [2.75, 3.05) is 19.6 Å². The minimum atomic E-state index is -0.0613. The van der Waals surface area contributed by atoms with E-state index >= 15 is 0 Å². The van der Waals surface area contributed by atoms with Crippen LogP contribution in [0.15, 0.2) is 12.1 Å². The minimum absolute atomic E-state index is 0.0345. The van der Waals surface area contributed by atoms with E-state index in [-0.39, 0.29) is 18.1 Å². The lowest BCUT2D eigenvalue weighted by Crippen LogP contribution is -2.51. The number of carbonyl (C=O) groups is 1. The maximum absolute atomic E-state index is 12.8. The predicted molar refractivity (Wildman–Crippen MR) is 79.9 cm³/mol. The quantitative estimate of drug-likeness (QED) is 0.896. The van der Waals surface area contributed by atoms with Gasteiger partial charge >= 0.3 is 0 Å². The molecular weight excluding hydrogens is 252 g/mol. The van der Waals surface area contributed by atoms with Gasteiger partial charge in [0.2, 0.25) is 0 Å². The number of nitrogens with two attached hydrogens (primary N) is 1. The van der Waals surface area contributed by atoms with Crippen LogP contribution in [0.3, 0.4) is 0 Å². The van der Waals surface area contributed by atoms with E-state index in [2.05, 4.69) is 19.1 Å². The van der Waals surface area contributed by atoms with E-state index in [1.807, 2.05) is 25.7 Å². The Bertz CT molecular complexity index is 490. The first-order valence-electron chi connectivity index (χ1n) is 7.15. The monoisotopic (exact) mass is 276 g/mol. The number of hydrogen-bond donors (Lipinski definition) is 1. The van der Waals surface area contributed by atoms with E-state index < -0.39 is 0 Å². The molecule has 0 aliphatic carbocycles. The normalized spacial score (nSPS) is 22.9. The highest BCUT2D eigenvalue weighted by Gasteiger charge is 2.29. The van der Waals surface area contributed by atoms with Crippen LogP contribution in [0.5, 0.6) is 0 Å². The molecule has 1 heterocycles. The average Bonchev–Trinajstić information content (AvgIpc) is 2.36. The summed E-state index contributed by atoms with van der Waals surface area (Å²) in [7, 11) is 0. The largest absolute Gasteiger partial charge is 0.370 e. The van der Waals surface area contributed by atoms with Crippen molar-refractivity contribution >= 4 is 5.91 Å². The fourth-order valence-corrected chi connectivity index (χ4v) is 3.02. The molecule has 1 fully saturated rings. The van der Waals surface area contributed by atoms with Crippen LogP contribution in [0, 0.1) is 20.8 Å². The molecule has 20 heavy (non-hydrogen) atoms. The molecule has 0 spiro atoms. The second-order valence-corrected chi connectivity index (χ2v) is 5.79. The molecule has 110 valence electrons. The molecule has 4 nitrogen and oxygen atoms in total.